The van der Waals surface area contributed by atoms with E-state index in [0.717, 1.165) is 25.9 Å². The molecule has 0 spiro atoms. The van der Waals surface area contributed by atoms with Gasteiger partial charge in [-0.15, -0.1) is 0 Å². The molecule has 24 heavy (non-hydrogen) atoms. The number of allylic oxidation sites excluding steroid dienone is 1. The van der Waals surface area contributed by atoms with Crippen LogP contribution < -0.4 is 0 Å². The van der Waals surface area contributed by atoms with Gasteiger partial charge in [-0.1, -0.05) is 50.4 Å². The van der Waals surface area contributed by atoms with E-state index in [2.05, 4.69) is 16.6 Å². The van der Waals surface area contributed by atoms with Gasteiger partial charge >= 0.3 is 5.97 Å². The average Bonchev–Trinajstić information content (AvgIpc) is 2.90. The minimum absolute atomic E-state index is 0.284. The summed E-state index contributed by atoms with van der Waals surface area (Å²) in [7, 11) is 1.36. The number of rotatable bonds is 10. The van der Waals surface area contributed by atoms with Crippen LogP contribution in [0.3, 0.4) is 0 Å². The Morgan fingerprint density at radius 3 is 2.46 bits per heavy atom. The topological polar surface area (TPSA) is 44.8 Å². The number of esters is 1. The molecular formula is C20H32O4. The molecule has 0 saturated carbocycles. The second-order valence-corrected chi connectivity index (χ2v) is 6.64. The summed E-state index contributed by atoms with van der Waals surface area (Å²) in [5, 5.41) is 0. The zero-order valence-corrected chi connectivity index (χ0v) is 15.4. The Labute approximate surface area is 146 Å². The van der Waals surface area contributed by atoms with Gasteiger partial charge in [-0.2, -0.15) is 0 Å². The van der Waals surface area contributed by atoms with Crippen LogP contribution in [0.1, 0.15) is 71.6 Å². The SMILES string of the molecule is COC(=O)/C=C/C#CCCCCCCCCCC1COC(C)(C)O1. The van der Waals surface area contributed by atoms with Gasteiger partial charge in [0.05, 0.1) is 19.8 Å². The fourth-order valence-corrected chi connectivity index (χ4v) is 2.68. The van der Waals surface area contributed by atoms with Crippen molar-refractivity contribution in [3.8, 4) is 11.8 Å². The number of ether oxygens (including phenoxy) is 3. The lowest BCUT2D eigenvalue weighted by Gasteiger charge is -2.16. The molecule has 1 heterocycles. The first-order chi connectivity index (χ1) is 11.5. The van der Waals surface area contributed by atoms with E-state index in [0.29, 0.717) is 0 Å². The maximum Gasteiger partial charge on any atom is 0.331 e. The van der Waals surface area contributed by atoms with Gasteiger partial charge in [0, 0.05) is 12.5 Å². The van der Waals surface area contributed by atoms with E-state index < -0.39 is 0 Å². The lowest BCUT2D eigenvalue weighted by Crippen LogP contribution is -2.21. The molecule has 0 aromatic carbocycles. The molecule has 1 fully saturated rings. The Morgan fingerprint density at radius 2 is 1.83 bits per heavy atom. The van der Waals surface area contributed by atoms with Crippen LogP contribution in [0, 0.1) is 11.8 Å². The molecule has 136 valence electrons. The first kappa shape index (κ1) is 20.7. The number of hydrogen-bond acceptors (Lipinski definition) is 4. The zero-order valence-electron chi connectivity index (χ0n) is 15.4. The van der Waals surface area contributed by atoms with Crippen LogP contribution in [0.5, 0.6) is 0 Å². The lowest BCUT2D eigenvalue weighted by molar-refractivity contribution is -0.139. The van der Waals surface area contributed by atoms with Crippen molar-refractivity contribution in [2.75, 3.05) is 13.7 Å². The molecule has 4 heteroatoms. The molecule has 0 radical (unpaired) electrons. The molecule has 1 aliphatic heterocycles. The highest BCUT2D eigenvalue weighted by Crippen LogP contribution is 2.25. The number of hydrogen-bond donors (Lipinski definition) is 0. The summed E-state index contributed by atoms with van der Waals surface area (Å²) in [4.78, 5) is 10.8. The van der Waals surface area contributed by atoms with Gasteiger partial charge in [-0.25, -0.2) is 4.79 Å². The predicted molar refractivity (Wildman–Crippen MR) is 95.4 cm³/mol. The van der Waals surface area contributed by atoms with Crippen LogP contribution in [0.15, 0.2) is 12.2 Å². The molecule has 1 rings (SSSR count). The third kappa shape index (κ3) is 10.5. The van der Waals surface area contributed by atoms with Gasteiger partial charge in [-0.3, -0.25) is 0 Å². The van der Waals surface area contributed by atoms with Crippen molar-refractivity contribution < 1.29 is 19.0 Å². The third-order valence-electron chi connectivity index (χ3n) is 4.00. The third-order valence-corrected chi connectivity index (χ3v) is 4.00. The second-order valence-electron chi connectivity index (χ2n) is 6.64. The summed E-state index contributed by atoms with van der Waals surface area (Å²) in [5.41, 5.74) is 0. The number of carbonyl (C=O) groups is 1. The Balaban J connectivity index is 1.85. The van der Waals surface area contributed by atoms with Crippen LogP contribution >= 0.6 is 0 Å². The summed E-state index contributed by atoms with van der Waals surface area (Å²) in [5.74, 6) is 5.14. The van der Waals surface area contributed by atoms with Crippen LogP contribution in [0.4, 0.5) is 0 Å². The molecule has 0 bridgehead atoms. The molecule has 1 atom stereocenters. The average molecular weight is 336 g/mol. The quantitative estimate of drug-likeness (QED) is 0.257. The van der Waals surface area contributed by atoms with Gasteiger partial charge in [0.2, 0.25) is 0 Å². The lowest BCUT2D eigenvalue weighted by atomic mass is 10.1. The van der Waals surface area contributed by atoms with E-state index in [9.17, 15) is 4.79 Å². The van der Waals surface area contributed by atoms with E-state index in [-0.39, 0.29) is 17.9 Å². The Bertz CT molecular complexity index is 442. The van der Waals surface area contributed by atoms with Crippen molar-refractivity contribution in [1.82, 2.24) is 0 Å². The van der Waals surface area contributed by atoms with Crippen molar-refractivity contribution in [3.63, 3.8) is 0 Å². The summed E-state index contributed by atoms with van der Waals surface area (Å²) >= 11 is 0. The van der Waals surface area contributed by atoms with Crippen molar-refractivity contribution in [1.29, 1.82) is 0 Å². The molecule has 0 amide bonds. The first-order valence-corrected chi connectivity index (χ1v) is 9.08. The van der Waals surface area contributed by atoms with Gasteiger partial charge < -0.3 is 14.2 Å². The van der Waals surface area contributed by atoms with E-state index >= 15 is 0 Å². The van der Waals surface area contributed by atoms with Crippen molar-refractivity contribution in [2.24, 2.45) is 0 Å². The van der Waals surface area contributed by atoms with Crippen molar-refractivity contribution in [2.45, 2.75) is 83.5 Å². The van der Waals surface area contributed by atoms with Crippen LogP contribution in [0.25, 0.3) is 0 Å². The Kier molecular flexibility index (Phi) is 10.5. The number of carbonyl (C=O) groups excluding carboxylic acids is 1. The highest BCUT2D eigenvalue weighted by Gasteiger charge is 2.31. The van der Waals surface area contributed by atoms with Crippen LogP contribution in [0.2, 0.25) is 0 Å². The molecular weight excluding hydrogens is 304 g/mol. The monoisotopic (exact) mass is 336 g/mol. The van der Waals surface area contributed by atoms with Crippen molar-refractivity contribution >= 4 is 5.97 Å². The smallest absolute Gasteiger partial charge is 0.331 e. The molecule has 0 aromatic heterocycles. The van der Waals surface area contributed by atoms with Crippen molar-refractivity contribution in [3.05, 3.63) is 12.2 Å². The minimum atomic E-state index is -0.386. The standard InChI is InChI=1S/C20H32O4/c1-20(2)23-17-18(24-20)15-13-11-9-7-5-4-6-8-10-12-14-16-19(21)22-3/h14,16,18H,4-9,11,13,15,17H2,1-3H3/b16-14+. The van der Waals surface area contributed by atoms with E-state index in [1.807, 2.05) is 13.8 Å². The Hall–Kier alpha value is -1.31. The molecule has 0 aromatic rings. The maximum absolute atomic E-state index is 10.8. The minimum Gasteiger partial charge on any atom is -0.466 e. The largest absolute Gasteiger partial charge is 0.466 e. The second kappa shape index (κ2) is 12.1. The van der Waals surface area contributed by atoms with Gasteiger partial charge in [0.1, 0.15) is 0 Å². The van der Waals surface area contributed by atoms with Crippen LogP contribution in [-0.4, -0.2) is 31.6 Å². The molecule has 1 aliphatic rings. The number of methoxy groups -OCH3 is 1. The molecule has 0 aliphatic carbocycles. The zero-order chi connectivity index (χ0) is 17.7. The van der Waals surface area contributed by atoms with Crippen LogP contribution in [-0.2, 0) is 19.0 Å². The molecule has 1 unspecified atom stereocenters. The fraction of sp³-hybridized carbons (Fsp3) is 0.750. The fourth-order valence-electron chi connectivity index (χ4n) is 2.68. The maximum atomic E-state index is 10.8. The van der Waals surface area contributed by atoms with E-state index in [1.165, 1.54) is 51.7 Å². The Morgan fingerprint density at radius 1 is 1.17 bits per heavy atom. The number of unbranched alkanes of at least 4 members (excludes halogenated alkanes) is 7. The normalized spacial score (nSPS) is 19.2. The highest BCUT2D eigenvalue weighted by atomic mass is 16.7. The van der Waals surface area contributed by atoms with Gasteiger partial charge in [0.25, 0.3) is 0 Å². The van der Waals surface area contributed by atoms with E-state index in [4.69, 9.17) is 9.47 Å². The first-order valence-electron chi connectivity index (χ1n) is 9.08. The van der Waals surface area contributed by atoms with Gasteiger partial charge in [-0.05, 0) is 32.8 Å². The summed E-state index contributed by atoms with van der Waals surface area (Å²) < 4.78 is 15.9. The van der Waals surface area contributed by atoms with E-state index in [1.54, 1.807) is 6.08 Å². The summed E-state index contributed by atoms with van der Waals surface area (Å²) in [6, 6.07) is 0. The summed E-state index contributed by atoms with van der Waals surface area (Å²) in [6.45, 7) is 4.70. The highest BCUT2D eigenvalue weighted by molar-refractivity contribution is 5.82. The molecule has 1 saturated heterocycles. The van der Waals surface area contributed by atoms with Gasteiger partial charge in [0.15, 0.2) is 5.79 Å². The summed E-state index contributed by atoms with van der Waals surface area (Å²) in [6.07, 6.45) is 13.9. The predicted octanol–water partition coefficient (Wildman–Crippen LogP) is 4.38. The molecule has 0 N–H and O–H groups in total. The molecule has 4 nitrogen and oxygen atoms in total.